The van der Waals surface area contributed by atoms with Crippen LogP contribution < -0.4 is 4.80 Å². The molecule has 0 N–H and O–H groups in total. The SMILES string of the molecule is O=C(N=c1sccn1Cc1ccccc1F)c1ccc2nccn2c1. The van der Waals surface area contributed by atoms with E-state index < -0.39 is 0 Å². The number of aromatic nitrogens is 3. The van der Waals surface area contributed by atoms with Crippen molar-refractivity contribution in [3.63, 3.8) is 0 Å². The van der Waals surface area contributed by atoms with Gasteiger partial charge >= 0.3 is 0 Å². The first-order valence-electron chi connectivity index (χ1n) is 7.60. The van der Waals surface area contributed by atoms with Crippen LogP contribution in [0.5, 0.6) is 0 Å². The van der Waals surface area contributed by atoms with E-state index in [4.69, 9.17) is 0 Å². The van der Waals surface area contributed by atoms with E-state index in [1.165, 1.54) is 17.4 Å². The molecule has 124 valence electrons. The van der Waals surface area contributed by atoms with Crippen LogP contribution in [0.1, 0.15) is 15.9 Å². The van der Waals surface area contributed by atoms with Gasteiger partial charge in [-0.05, 0) is 18.2 Å². The van der Waals surface area contributed by atoms with Gasteiger partial charge in [0.25, 0.3) is 5.91 Å². The number of benzene rings is 1. The van der Waals surface area contributed by atoms with E-state index in [0.29, 0.717) is 22.5 Å². The highest BCUT2D eigenvalue weighted by atomic mass is 32.1. The lowest BCUT2D eigenvalue weighted by Gasteiger charge is -2.04. The summed E-state index contributed by atoms with van der Waals surface area (Å²) in [6.07, 6.45) is 6.93. The minimum absolute atomic E-state index is 0.274. The van der Waals surface area contributed by atoms with Crippen LogP contribution in [-0.4, -0.2) is 19.9 Å². The van der Waals surface area contributed by atoms with Crippen LogP contribution >= 0.6 is 11.3 Å². The second-order valence-electron chi connectivity index (χ2n) is 5.43. The van der Waals surface area contributed by atoms with Crippen molar-refractivity contribution >= 4 is 22.9 Å². The first kappa shape index (κ1) is 15.5. The Labute approximate surface area is 146 Å². The summed E-state index contributed by atoms with van der Waals surface area (Å²) in [5.41, 5.74) is 1.79. The minimum Gasteiger partial charge on any atom is -0.319 e. The summed E-state index contributed by atoms with van der Waals surface area (Å²) in [6, 6.07) is 10.0. The molecule has 0 unspecified atom stereocenters. The predicted octanol–water partition coefficient (Wildman–Crippen LogP) is 3.13. The van der Waals surface area contributed by atoms with Gasteiger partial charge in [-0.15, -0.1) is 11.3 Å². The van der Waals surface area contributed by atoms with Gasteiger partial charge in [0.15, 0.2) is 4.80 Å². The van der Waals surface area contributed by atoms with Gasteiger partial charge in [0.05, 0.1) is 12.1 Å². The molecule has 0 aliphatic heterocycles. The third-order valence-electron chi connectivity index (χ3n) is 3.79. The lowest BCUT2D eigenvalue weighted by atomic mass is 10.2. The number of hydrogen-bond donors (Lipinski definition) is 0. The summed E-state index contributed by atoms with van der Waals surface area (Å²) in [5, 5.41) is 1.83. The number of fused-ring (bicyclic) bond motifs is 1. The average molecular weight is 352 g/mol. The standard InChI is InChI=1S/C18H13FN4OS/c19-15-4-2-1-3-13(15)11-23-9-10-25-18(23)21-17(24)14-5-6-16-20-7-8-22(16)12-14/h1-10,12H,11H2. The van der Waals surface area contributed by atoms with Crippen LogP contribution in [0.3, 0.4) is 0 Å². The van der Waals surface area contributed by atoms with Gasteiger partial charge in [-0.25, -0.2) is 9.37 Å². The molecule has 0 aliphatic rings. The van der Waals surface area contributed by atoms with E-state index in [2.05, 4.69) is 9.98 Å². The fraction of sp³-hybridized carbons (Fsp3) is 0.0556. The first-order chi connectivity index (χ1) is 12.2. The van der Waals surface area contributed by atoms with E-state index in [9.17, 15) is 9.18 Å². The van der Waals surface area contributed by atoms with E-state index >= 15 is 0 Å². The normalized spacial score (nSPS) is 12.0. The highest BCUT2D eigenvalue weighted by molar-refractivity contribution is 7.07. The Morgan fingerprint density at radius 1 is 1.20 bits per heavy atom. The zero-order valence-corrected chi connectivity index (χ0v) is 13.9. The van der Waals surface area contributed by atoms with Crippen molar-refractivity contribution in [3.05, 3.63) is 88.3 Å². The van der Waals surface area contributed by atoms with Crippen molar-refractivity contribution in [2.75, 3.05) is 0 Å². The summed E-state index contributed by atoms with van der Waals surface area (Å²) in [5.74, 6) is -0.621. The Bertz CT molecular complexity index is 1130. The molecule has 0 saturated carbocycles. The number of imidazole rings is 1. The van der Waals surface area contributed by atoms with E-state index in [-0.39, 0.29) is 11.7 Å². The maximum absolute atomic E-state index is 13.8. The van der Waals surface area contributed by atoms with Crippen molar-refractivity contribution < 1.29 is 9.18 Å². The summed E-state index contributed by atoms with van der Waals surface area (Å²) in [6.45, 7) is 0.322. The van der Waals surface area contributed by atoms with Crippen LogP contribution in [-0.2, 0) is 6.54 Å². The van der Waals surface area contributed by atoms with Crippen molar-refractivity contribution in [2.45, 2.75) is 6.54 Å². The zero-order chi connectivity index (χ0) is 17.2. The molecule has 4 rings (SSSR count). The topological polar surface area (TPSA) is 51.7 Å². The number of halogens is 1. The highest BCUT2D eigenvalue weighted by Crippen LogP contribution is 2.09. The fourth-order valence-corrected chi connectivity index (χ4v) is 3.24. The molecule has 0 aliphatic carbocycles. The molecule has 0 bridgehead atoms. The maximum atomic E-state index is 13.8. The number of amides is 1. The molecule has 5 nitrogen and oxygen atoms in total. The molecular formula is C18H13FN4OS. The molecular weight excluding hydrogens is 339 g/mol. The van der Waals surface area contributed by atoms with Gasteiger partial charge in [-0.2, -0.15) is 4.99 Å². The van der Waals surface area contributed by atoms with Crippen molar-refractivity contribution in [1.82, 2.24) is 14.0 Å². The quantitative estimate of drug-likeness (QED) is 0.569. The lowest BCUT2D eigenvalue weighted by molar-refractivity contribution is 0.0997. The molecule has 3 heterocycles. The Balaban J connectivity index is 1.66. The van der Waals surface area contributed by atoms with Crippen LogP contribution in [0.2, 0.25) is 0 Å². The summed E-state index contributed by atoms with van der Waals surface area (Å²) in [4.78, 5) is 21.3. The summed E-state index contributed by atoms with van der Waals surface area (Å²) in [7, 11) is 0. The van der Waals surface area contributed by atoms with Gasteiger partial charge < -0.3 is 8.97 Å². The van der Waals surface area contributed by atoms with Crippen LogP contribution in [0.25, 0.3) is 5.65 Å². The molecule has 3 aromatic heterocycles. The largest absolute Gasteiger partial charge is 0.319 e. The number of pyridine rings is 1. The second kappa shape index (κ2) is 6.45. The van der Waals surface area contributed by atoms with Gasteiger partial charge in [0, 0.05) is 35.7 Å². The lowest BCUT2D eigenvalue weighted by Crippen LogP contribution is -2.17. The Hall–Kier alpha value is -3.06. The second-order valence-corrected chi connectivity index (χ2v) is 6.31. The molecule has 1 aromatic carbocycles. The van der Waals surface area contributed by atoms with Crippen molar-refractivity contribution in [2.24, 2.45) is 4.99 Å². The predicted molar refractivity (Wildman–Crippen MR) is 92.9 cm³/mol. The van der Waals surface area contributed by atoms with E-state index in [1.807, 2.05) is 5.38 Å². The number of carbonyl (C=O) groups is 1. The molecule has 0 spiro atoms. The fourth-order valence-electron chi connectivity index (χ4n) is 2.52. The monoisotopic (exact) mass is 352 g/mol. The number of thiazole rings is 1. The molecule has 0 saturated heterocycles. The molecule has 0 fully saturated rings. The van der Waals surface area contributed by atoms with Crippen molar-refractivity contribution in [1.29, 1.82) is 0 Å². The van der Waals surface area contributed by atoms with Gasteiger partial charge in [-0.1, -0.05) is 18.2 Å². The molecule has 4 aromatic rings. The molecule has 0 atom stereocenters. The smallest absolute Gasteiger partial charge is 0.281 e. The van der Waals surface area contributed by atoms with Gasteiger partial charge in [-0.3, -0.25) is 4.79 Å². The summed E-state index contributed by atoms with van der Waals surface area (Å²) < 4.78 is 17.4. The maximum Gasteiger partial charge on any atom is 0.281 e. The average Bonchev–Trinajstić information content (AvgIpc) is 3.25. The Kier molecular flexibility index (Phi) is 3.99. The van der Waals surface area contributed by atoms with E-state index in [0.717, 1.165) is 5.65 Å². The number of carbonyl (C=O) groups excluding carboxylic acids is 1. The van der Waals surface area contributed by atoms with Gasteiger partial charge in [0.1, 0.15) is 11.5 Å². The third-order valence-corrected chi connectivity index (χ3v) is 4.59. The highest BCUT2D eigenvalue weighted by Gasteiger charge is 2.08. The summed E-state index contributed by atoms with van der Waals surface area (Å²) >= 11 is 1.34. The third kappa shape index (κ3) is 3.14. The van der Waals surface area contributed by atoms with Crippen molar-refractivity contribution in [3.8, 4) is 0 Å². The molecule has 7 heteroatoms. The first-order valence-corrected chi connectivity index (χ1v) is 8.48. The molecule has 0 radical (unpaired) electrons. The number of rotatable bonds is 3. The Morgan fingerprint density at radius 2 is 2.08 bits per heavy atom. The van der Waals surface area contributed by atoms with Crippen LogP contribution in [0.4, 0.5) is 4.39 Å². The minimum atomic E-state index is -0.347. The molecule has 25 heavy (non-hydrogen) atoms. The Morgan fingerprint density at radius 3 is 2.96 bits per heavy atom. The zero-order valence-electron chi connectivity index (χ0n) is 13.0. The molecule has 1 amide bonds. The number of nitrogens with zero attached hydrogens (tertiary/aromatic N) is 4. The van der Waals surface area contributed by atoms with Crippen LogP contribution in [0, 0.1) is 5.82 Å². The van der Waals surface area contributed by atoms with E-state index in [1.54, 1.807) is 64.1 Å². The van der Waals surface area contributed by atoms with Gasteiger partial charge in [0.2, 0.25) is 0 Å². The number of hydrogen-bond acceptors (Lipinski definition) is 3. The van der Waals surface area contributed by atoms with Crippen LogP contribution in [0.15, 0.2) is 71.6 Å².